The second kappa shape index (κ2) is 16.4. The maximum absolute atomic E-state index is 13.3. The van der Waals surface area contributed by atoms with E-state index in [0.717, 1.165) is 25.7 Å². The van der Waals surface area contributed by atoms with E-state index in [4.69, 9.17) is 10.8 Å². The summed E-state index contributed by atoms with van der Waals surface area (Å²) in [6, 6.07) is -2.24. The average molecular weight is 534 g/mol. The molecule has 0 saturated heterocycles. The zero-order valence-corrected chi connectivity index (χ0v) is 23.2. The van der Waals surface area contributed by atoms with Crippen LogP contribution >= 0.6 is 0 Å². The van der Waals surface area contributed by atoms with Crippen molar-refractivity contribution in [3.63, 3.8) is 0 Å². The van der Waals surface area contributed by atoms with Crippen molar-refractivity contribution < 1.29 is 19.5 Å². The zero-order valence-electron chi connectivity index (χ0n) is 23.2. The molecule has 5 N–H and O–H groups in total. The molecule has 38 heavy (non-hydrogen) atoms. The van der Waals surface area contributed by atoms with Gasteiger partial charge >= 0.3 is 5.97 Å². The van der Waals surface area contributed by atoms with E-state index >= 15 is 0 Å². The molecular weight excluding hydrogens is 490 g/mol. The number of nitrogens with one attached hydrogen (secondary N) is 4. The van der Waals surface area contributed by atoms with Gasteiger partial charge in [0, 0.05) is 6.20 Å². The minimum atomic E-state index is -1.23. The minimum Gasteiger partial charge on any atom is -0.481 e. The highest BCUT2D eigenvalue weighted by atomic mass is 16.4. The molecule has 1 rings (SSSR count). The first-order chi connectivity index (χ1) is 17.9. The number of aromatic nitrogens is 2. The lowest BCUT2D eigenvalue weighted by atomic mass is 10.1. The quantitative estimate of drug-likeness (QED) is 0.133. The van der Waals surface area contributed by atoms with E-state index in [-0.39, 0.29) is 36.8 Å². The lowest BCUT2D eigenvalue weighted by Crippen LogP contribution is -2.49. The maximum atomic E-state index is 13.3. The molecule has 12 heteroatoms. The van der Waals surface area contributed by atoms with Crippen molar-refractivity contribution in [2.75, 3.05) is 32.0 Å². The fourth-order valence-corrected chi connectivity index (χ4v) is 3.84. The van der Waals surface area contributed by atoms with Crippen LogP contribution in [-0.4, -0.2) is 81.4 Å². The molecule has 0 saturated carbocycles. The first kappa shape index (κ1) is 32.6. The summed E-state index contributed by atoms with van der Waals surface area (Å²) >= 11 is 0. The Hall–Kier alpha value is -3.41. The third-order valence-electron chi connectivity index (χ3n) is 6.16. The number of rotatable bonds is 19. The number of aliphatic carboxylic acids is 1. The van der Waals surface area contributed by atoms with Crippen LogP contribution < -0.4 is 16.2 Å². The van der Waals surface area contributed by atoms with E-state index in [1.807, 2.05) is 11.8 Å². The van der Waals surface area contributed by atoms with Crippen LogP contribution in [0.2, 0.25) is 0 Å². The Morgan fingerprint density at radius 1 is 1.16 bits per heavy atom. The predicted octanol–water partition coefficient (Wildman–Crippen LogP) is 2.27. The summed E-state index contributed by atoms with van der Waals surface area (Å²) in [4.78, 5) is 57.0. The molecule has 0 fully saturated rings. The molecule has 12 nitrogen and oxygen atoms in total. The molecule has 1 heterocycles. The van der Waals surface area contributed by atoms with Gasteiger partial charge in [-0.25, -0.2) is 4.98 Å². The third kappa shape index (κ3) is 10.5. The molecule has 2 unspecified atom stereocenters. The number of carbonyl (C=O) groups is 3. The summed E-state index contributed by atoms with van der Waals surface area (Å²) in [7, 11) is 1.79. The van der Waals surface area contributed by atoms with E-state index in [1.165, 1.54) is 17.7 Å². The molecule has 1 aromatic rings. The number of amides is 1. The second-order valence-electron chi connectivity index (χ2n) is 9.45. The number of carbonyl (C=O) groups excluding carboxylic acids is 2. The number of carboxylic acids is 1. The highest BCUT2D eigenvalue weighted by Crippen LogP contribution is 2.13. The van der Waals surface area contributed by atoms with E-state index in [2.05, 4.69) is 22.5 Å². The van der Waals surface area contributed by atoms with Crippen LogP contribution in [-0.2, 0) is 20.8 Å². The van der Waals surface area contributed by atoms with Crippen molar-refractivity contribution in [3.05, 3.63) is 22.2 Å². The Morgan fingerprint density at radius 2 is 1.84 bits per heavy atom. The van der Waals surface area contributed by atoms with Gasteiger partial charge in [0.15, 0.2) is 11.6 Å². The van der Waals surface area contributed by atoms with Gasteiger partial charge in [0.1, 0.15) is 6.04 Å². The number of likely N-dealkylation sites (N-methyl/N-ethyl adjacent to an activating group) is 1. The molecule has 0 spiro atoms. The van der Waals surface area contributed by atoms with E-state index in [0.29, 0.717) is 18.7 Å². The molecule has 1 aromatic heterocycles. The molecule has 212 valence electrons. The van der Waals surface area contributed by atoms with Crippen LogP contribution in [0.1, 0.15) is 78.0 Å². The number of Topliss-reactive ketones (excluding diaryl/α,β-unsaturated/α-hetero) is 1. The van der Waals surface area contributed by atoms with E-state index in [9.17, 15) is 24.3 Å². The number of anilines is 1. The summed E-state index contributed by atoms with van der Waals surface area (Å²) in [5.74, 6) is -2.31. The zero-order chi connectivity index (χ0) is 28.8. The number of nitrogens with zero attached hydrogens (tertiary/aromatic N) is 3. The molecular formula is C26H43N7O5. The van der Waals surface area contributed by atoms with Gasteiger partial charge < -0.3 is 26.6 Å². The SMILES string of the molecule is CCCCCCN(C)CC(=O)C(CC(=O)O)NC(=O)C(CC)n1cc(CC)nc(NCC(=N)C(C)=N)c1=O. The van der Waals surface area contributed by atoms with Gasteiger partial charge in [-0.15, -0.1) is 0 Å². The summed E-state index contributed by atoms with van der Waals surface area (Å²) in [5.41, 5.74) is -0.0160. The number of hydrogen-bond donors (Lipinski definition) is 5. The minimum absolute atomic E-state index is 0.00277. The fraction of sp³-hybridized carbons (Fsp3) is 0.654. The maximum Gasteiger partial charge on any atom is 0.305 e. The molecule has 0 aliphatic carbocycles. The third-order valence-corrected chi connectivity index (χ3v) is 6.16. The number of hydrogen-bond acceptors (Lipinski definition) is 9. The summed E-state index contributed by atoms with van der Waals surface area (Å²) in [5, 5.41) is 30.1. The van der Waals surface area contributed by atoms with Gasteiger partial charge in [-0.3, -0.25) is 28.6 Å². The summed E-state index contributed by atoms with van der Waals surface area (Å²) in [6.07, 6.45) is 5.76. The Morgan fingerprint density at radius 3 is 2.39 bits per heavy atom. The summed E-state index contributed by atoms with van der Waals surface area (Å²) in [6.45, 7) is 7.75. The molecule has 0 aliphatic rings. The monoisotopic (exact) mass is 533 g/mol. The van der Waals surface area contributed by atoms with Gasteiger partial charge in [-0.05, 0) is 39.8 Å². The highest BCUT2D eigenvalue weighted by molar-refractivity contribution is 6.40. The van der Waals surface area contributed by atoms with Crippen LogP contribution in [0.15, 0.2) is 11.0 Å². The lowest BCUT2D eigenvalue weighted by Gasteiger charge is -2.24. The van der Waals surface area contributed by atoms with Crippen molar-refractivity contribution in [2.45, 2.75) is 84.7 Å². The van der Waals surface area contributed by atoms with Gasteiger partial charge in [-0.2, -0.15) is 0 Å². The smallest absolute Gasteiger partial charge is 0.305 e. The van der Waals surface area contributed by atoms with Crippen LogP contribution in [0.3, 0.4) is 0 Å². The van der Waals surface area contributed by atoms with Gasteiger partial charge in [-0.1, -0.05) is 40.0 Å². The number of ketones is 1. The fourth-order valence-electron chi connectivity index (χ4n) is 3.84. The van der Waals surface area contributed by atoms with Crippen LogP contribution in [0.4, 0.5) is 5.82 Å². The van der Waals surface area contributed by atoms with Crippen molar-refractivity contribution in [1.29, 1.82) is 10.8 Å². The van der Waals surface area contributed by atoms with Gasteiger partial charge in [0.2, 0.25) is 5.91 Å². The van der Waals surface area contributed by atoms with Crippen molar-refractivity contribution in [2.24, 2.45) is 0 Å². The van der Waals surface area contributed by atoms with Crippen LogP contribution in [0.25, 0.3) is 0 Å². The van der Waals surface area contributed by atoms with Crippen LogP contribution in [0.5, 0.6) is 0 Å². The number of unbranched alkanes of at least 4 members (excludes halogenated alkanes) is 3. The molecule has 0 aliphatic heterocycles. The topological polar surface area (TPSA) is 181 Å². The molecule has 0 aromatic carbocycles. The predicted molar refractivity (Wildman–Crippen MR) is 148 cm³/mol. The average Bonchev–Trinajstić information content (AvgIpc) is 2.86. The first-order valence-electron chi connectivity index (χ1n) is 13.2. The van der Waals surface area contributed by atoms with Gasteiger partial charge in [0.05, 0.1) is 42.7 Å². The van der Waals surface area contributed by atoms with E-state index in [1.54, 1.807) is 14.0 Å². The Balaban J connectivity index is 3.13. The molecule has 1 amide bonds. The Kier molecular flexibility index (Phi) is 14.1. The van der Waals surface area contributed by atoms with Crippen molar-refractivity contribution in [1.82, 2.24) is 19.8 Å². The normalized spacial score (nSPS) is 12.6. The molecule has 0 radical (unpaired) electrons. The summed E-state index contributed by atoms with van der Waals surface area (Å²) < 4.78 is 1.23. The lowest BCUT2D eigenvalue weighted by molar-refractivity contribution is -0.140. The first-order valence-corrected chi connectivity index (χ1v) is 13.2. The Bertz CT molecular complexity index is 1050. The highest BCUT2D eigenvalue weighted by Gasteiger charge is 2.29. The van der Waals surface area contributed by atoms with Crippen LogP contribution in [0, 0.1) is 10.8 Å². The second-order valence-corrected chi connectivity index (χ2v) is 9.45. The molecule has 2 atom stereocenters. The largest absolute Gasteiger partial charge is 0.481 e. The number of carboxylic acid groups (broad SMARTS) is 1. The van der Waals surface area contributed by atoms with Crippen molar-refractivity contribution >= 4 is 34.9 Å². The standard InChI is InChI=1S/C26H43N7O5/c1-6-9-10-11-12-32(5)16-22(34)20(13-23(35)36)31-25(37)21(8-3)33-15-18(7-2)30-24(26(33)38)29-14-19(28)17(4)27/h15,20-21,27-28H,6-14,16H2,1-5H3,(H,29,30)(H,31,37)(H,35,36). The molecule has 0 bridgehead atoms. The Labute approximate surface area is 224 Å². The van der Waals surface area contributed by atoms with E-state index < -0.39 is 41.7 Å². The number of aryl methyl sites for hydroxylation is 1. The van der Waals surface area contributed by atoms with Crippen molar-refractivity contribution in [3.8, 4) is 0 Å². The van der Waals surface area contributed by atoms with Gasteiger partial charge in [0.25, 0.3) is 5.56 Å².